The van der Waals surface area contributed by atoms with Crippen molar-refractivity contribution in [3.8, 4) is 0 Å². The van der Waals surface area contributed by atoms with Crippen LogP contribution in [0.4, 0.5) is 0 Å². The highest BCUT2D eigenvalue weighted by molar-refractivity contribution is 7.89. The van der Waals surface area contributed by atoms with Gasteiger partial charge in [0.25, 0.3) is 0 Å². The third kappa shape index (κ3) is 3.28. The van der Waals surface area contributed by atoms with Crippen LogP contribution in [0.1, 0.15) is 30.4 Å². The maximum atomic E-state index is 12.3. The summed E-state index contributed by atoms with van der Waals surface area (Å²) in [5, 5.41) is 9.54. The van der Waals surface area contributed by atoms with Crippen molar-refractivity contribution in [1.82, 2.24) is 4.72 Å². The highest BCUT2D eigenvalue weighted by Gasteiger charge is 2.23. The Labute approximate surface area is 118 Å². The second-order valence-corrected chi connectivity index (χ2v) is 7.17. The van der Waals surface area contributed by atoms with Crippen LogP contribution in [0.5, 0.6) is 0 Å². The molecule has 0 spiro atoms. The molecule has 106 valence electrons. The van der Waals surface area contributed by atoms with E-state index in [-0.39, 0.29) is 11.5 Å². The fraction of sp³-hybridized carbons (Fsp3) is 0.538. The molecular weight excluding hydrogens is 286 g/mol. The molecule has 0 unspecified atom stereocenters. The number of halogens is 1. The molecule has 4 nitrogen and oxygen atoms in total. The monoisotopic (exact) mass is 303 g/mol. The number of sulfonamides is 1. The summed E-state index contributed by atoms with van der Waals surface area (Å²) in [6.07, 6.45) is 3.34. The van der Waals surface area contributed by atoms with Crippen LogP contribution in [-0.4, -0.2) is 20.1 Å². The first-order valence-electron chi connectivity index (χ1n) is 6.33. The van der Waals surface area contributed by atoms with Gasteiger partial charge in [0.2, 0.25) is 10.0 Å². The Balaban J connectivity index is 2.25. The number of aliphatic hydroxyl groups is 1. The molecule has 1 aliphatic carbocycles. The maximum absolute atomic E-state index is 12.3. The quantitative estimate of drug-likeness (QED) is 0.876. The van der Waals surface area contributed by atoms with E-state index in [2.05, 4.69) is 4.72 Å². The molecule has 1 saturated carbocycles. The fourth-order valence-electron chi connectivity index (χ4n) is 2.15. The average molecular weight is 304 g/mol. The molecule has 1 aromatic carbocycles. The molecule has 0 aliphatic heterocycles. The highest BCUT2D eigenvalue weighted by Crippen LogP contribution is 2.27. The smallest absolute Gasteiger partial charge is 0.240 e. The number of hydrogen-bond donors (Lipinski definition) is 2. The van der Waals surface area contributed by atoms with E-state index in [0.29, 0.717) is 28.6 Å². The van der Waals surface area contributed by atoms with E-state index in [1.54, 1.807) is 13.0 Å². The first-order chi connectivity index (χ1) is 8.94. The van der Waals surface area contributed by atoms with Crippen LogP contribution in [0, 0.1) is 12.8 Å². The SMILES string of the molecule is Cc1c(CO)cc(Cl)cc1S(=O)(=O)NCC1CCC1. The maximum Gasteiger partial charge on any atom is 0.240 e. The third-order valence-electron chi connectivity index (χ3n) is 3.68. The normalized spacial score (nSPS) is 16.4. The average Bonchev–Trinajstić information content (AvgIpc) is 2.29. The summed E-state index contributed by atoms with van der Waals surface area (Å²) in [7, 11) is -3.56. The second-order valence-electron chi connectivity index (χ2n) is 4.99. The highest BCUT2D eigenvalue weighted by atomic mass is 35.5. The predicted molar refractivity (Wildman–Crippen MR) is 74.6 cm³/mol. The van der Waals surface area contributed by atoms with Gasteiger partial charge in [0.05, 0.1) is 11.5 Å². The van der Waals surface area contributed by atoms with E-state index in [0.717, 1.165) is 12.8 Å². The van der Waals surface area contributed by atoms with Gasteiger partial charge >= 0.3 is 0 Å². The summed E-state index contributed by atoms with van der Waals surface area (Å²) in [5.74, 6) is 0.451. The minimum Gasteiger partial charge on any atom is -0.392 e. The van der Waals surface area contributed by atoms with Crippen LogP contribution in [-0.2, 0) is 16.6 Å². The minimum atomic E-state index is -3.56. The van der Waals surface area contributed by atoms with Crippen LogP contribution < -0.4 is 4.72 Å². The molecule has 2 rings (SSSR count). The Hall–Kier alpha value is -0.620. The summed E-state index contributed by atoms with van der Waals surface area (Å²) in [6, 6.07) is 3.01. The summed E-state index contributed by atoms with van der Waals surface area (Å²) >= 11 is 5.90. The van der Waals surface area contributed by atoms with E-state index in [1.165, 1.54) is 12.5 Å². The molecule has 0 aromatic heterocycles. The van der Waals surface area contributed by atoms with Gasteiger partial charge in [-0.15, -0.1) is 0 Å². The molecule has 1 aliphatic rings. The zero-order valence-electron chi connectivity index (χ0n) is 10.8. The summed E-state index contributed by atoms with van der Waals surface area (Å²) in [4.78, 5) is 0.156. The van der Waals surface area contributed by atoms with Crippen LogP contribution >= 0.6 is 11.6 Å². The van der Waals surface area contributed by atoms with Gasteiger partial charge in [-0.05, 0) is 48.9 Å². The van der Waals surface area contributed by atoms with Gasteiger partial charge in [-0.25, -0.2) is 13.1 Å². The molecule has 0 atom stereocenters. The van der Waals surface area contributed by atoms with Gasteiger partial charge in [-0.1, -0.05) is 18.0 Å². The Kier molecular flexibility index (Phi) is 4.50. The number of hydrogen-bond acceptors (Lipinski definition) is 3. The van der Waals surface area contributed by atoms with Crippen LogP contribution in [0.25, 0.3) is 0 Å². The first kappa shape index (κ1) is 14.8. The van der Waals surface area contributed by atoms with Gasteiger partial charge in [-0.3, -0.25) is 0 Å². The van der Waals surface area contributed by atoms with E-state index in [1.807, 2.05) is 0 Å². The van der Waals surface area contributed by atoms with E-state index in [9.17, 15) is 13.5 Å². The van der Waals surface area contributed by atoms with Crippen molar-refractivity contribution in [2.24, 2.45) is 5.92 Å². The fourth-order valence-corrected chi connectivity index (χ4v) is 3.89. The summed E-state index contributed by atoms with van der Waals surface area (Å²) in [5.41, 5.74) is 1.09. The van der Waals surface area contributed by atoms with Gasteiger partial charge in [0.1, 0.15) is 0 Å². The van der Waals surface area contributed by atoms with E-state index >= 15 is 0 Å². The van der Waals surface area contributed by atoms with Crippen molar-refractivity contribution in [3.63, 3.8) is 0 Å². The zero-order valence-corrected chi connectivity index (χ0v) is 12.4. The molecule has 2 N–H and O–H groups in total. The zero-order chi connectivity index (χ0) is 14.0. The second kappa shape index (κ2) is 5.79. The molecule has 1 aromatic rings. The standard InChI is InChI=1S/C13H18ClNO3S/c1-9-11(8-16)5-12(14)6-13(9)19(17,18)15-7-10-3-2-4-10/h5-6,10,15-16H,2-4,7-8H2,1H3. The molecule has 6 heteroatoms. The Morgan fingerprint density at radius 3 is 2.63 bits per heavy atom. The van der Waals surface area contributed by atoms with Gasteiger partial charge in [0, 0.05) is 11.6 Å². The Morgan fingerprint density at radius 1 is 1.42 bits per heavy atom. The molecule has 1 fully saturated rings. The molecule has 19 heavy (non-hydrogen) atoms. The lowest BCUT2D eigenvalue weighted by molar-refractivity contribution is 0.280. The van der Waals surface area contributed by atoms with Crippen molar-refractivity contribution in [2.45, 2.75) is 37.7 Å². The van der Waals surface area contributed by atoms with Crippen molar-refractivity contribution in [1.29, 1.82) is 0 Å². The van der Waals surface area contributed by atoms with Gasteiger partial charge < -0.3 is 5.11 Å². The van der Waals surface area contributed by atoms with Crippen LogP contribution in [0.3, 0.4) is 0 Å². The van der Waals surface area contributed by atoms with Crippen molar-refractivity contribution < 1.29 is 13.5 Å². The molecular formula is C13H18ClNO3S. The van der Waals surface area contributed by atoms with E-state index in [4.69, 9.17) is 11.6 Å². The van der Waals surface area contributed by atoms with Crippen molar-refractivity contribution in [2.75, 3.05) is 6.54 Å². The predicted octanol–water partition coefficient (Wildman–Crippen LogP) is 2.22. The molecule has 0 saturated heterocycles. The van der Waals surface area contributed by atoms with Crippen LogP contribution in [0.2, 0.25) is 5.02 Å². The third-order valence-corrected chi connectivity index (χ3v) is 5.45. The number of nitrogens with one attached hydrogen (secondary N) is 1. The lowest BCUT2D eigenvalue weighted by Crippen LogP contribution is -2.32. The molecule has 0 heterocycles. The van der Waals surface area contributed by atoms with Gasteiger partial charge in [0.15, 0.2) is 0 Å². The Bertz CT molecular complexity index is 567. The van der Waals surface area contributed by atoms with Gasteiger partial charge in [-0.2, -0.15) is 0 Å². The number of benzene rings is 1. The summed E-state index contributed by atoms with van der Waals surface area (Å²) in [6.45, 7) is 1.93. The van der Waals surface area contributed by atoms with Crippen molar-refractivity contribution >= 4 is 21.6 Å². The van der Waals surface area contributed by atoms with Crippen LogP contribution in [0.15, 0.2) is 17.0 Å². The lowest BCUT2D eigenvalue weighted by atomic mass is 9.86. The molecule has 0 amide bonds. The topological polar surface area (TPSA) is 66.4 Å². The first-order valence-corrected chi connectivity index (χ1v) is 8.19. The van der Waals surface area contributed by atoms with Crippen molar-refractivity contribution in [3.05, 3.63) is 28.3 Å². The lowest BCUT2D eigenvalue weighted by Gasteiger charge is -2.25. The van der Waals surface area contributed by atoms with E-state index < -0.39 is 10.0 Å². The minimum absolute atomic E-state index is 0.156. The summed E-state index contributed by atoms with van der Waals surface area (Å²) < 4.78 is 27.2. The number of rotatable bonds is 5. The number of aliphatic hydroxyl groups excluding tert-OH is 1. The molecule has 0 bridgehead atoms. The molecule has 0 radical (unpaired) electrons. The largest absolute Gasteiger partial charge is 0.392 e. The Morgan fingerprint density at radius 2 is 2.11 bits per heavy atom.